The van der Waals surface area contributed by atoms with Gasteiger partial charge in [0.05, 0.1) is 17.1 Å². The van der Waals surface area contributed by atoms with Crippen LogP contribution >= 0.6 is 0 Å². The summed E-state index contributed by atoms with van der Waals surface area (Å²) in [5, 5.41) is 13.6. The molecule has 0 aliphatic heterocycles. The van der Waals surface area contributed by atoms with Gasteiger partial charge in [0.2, 0.25) is 0 Å². The Labute approximate surface area is 146 Å². The van der Waals surface area contributed by atoms with Gasteiger partial charge in [-0.25, -0.2) is 9.78 Å². The third kappa shape index (κ3) is 6.21. The molecular formula is C18H21N3O4. The largest absolute Gasteiger partial charge is 0.462 e. The van der Waals surface area contributed by atoms with Gasteiger partial charge in [0.15, 0.2) is 0 Å². The SMILES string of the molecule is Cc1cccc(C(=O)OCCCCCNc2ccc([N+](=O)[O-])cn2)c1. The van der Waals surface area contributed by atoms with E-state index in [4.69, 9.17) is 4.74 Å². The number of aromatic nitrogens is 1. The third-order valence-electron chi connectivity index (χ3n) is 3.57. The number of hydrogen-bond acceptors (Lipinski definition) is 6. The molecule has 2 rings (SSSR count). The van der Waals surface area contributed by atoms with E-state index in [-0.39, 0.29) is 11.7 Å². The van der Waals surface area contributed by atoms with Crippen molar-refractivity contribution in [1.29, 1.82) is 0 Å². The Bertz CT molecular complexity index is 717. The number of carbonyl (C=O) groups excluding carboxylic acids is 1. The zero-order valence-electron chi connectivity index (χ0n) is 14.1. The number of aryl methyl sites for hydroxylation is 1. The minimum absolute atomic E-state index is 0.0269. The van der Waals surface area contributed by atoms with Gasteiger partial charge in [-0.3, -0.25) is 10.1 Å². The normalized spacial score (nSPS) is 10.3. The van der Waals surface area contributed by atoms with Gasteiger partial charge in [0.1, 0.15) is 12.0 Å². The Kier molecular flexibility index (Phi) is 6.88. The van der Waals surface area contributed by atoms with Crippen molar-refractivity contribution in [3.8, 4) is 0 Å². The van der Waals surface area contributed by atoms with Crippen LogP contribution < -0.4 is 5.32 Å². The number of pyridine rings is 1. The Hall–Kier alpha value is -2.96. The van der Waals surface area contributed by atoms with E-state index in [1.807, 2.05) is 25.1 Å². The molecule has 7 nitrogen and oxygen atoms in total. The number of rotatable bonds is 9. The van der Waals surface area contributed by atoms with Crippen molar-refractivity contribution in [3.05, 3.63) is 63.8 Å². The Morgan fingerprint density at radius 2 is 2.08 bits per heavy atom. The summed E-state index contributed by atoms with van der Waals surface area (Å²) in [4.78, 5) is 25.9. The van der Waals surface area contributed by atoms with E-state index in [2.05, 4.69) is 10.3 Å². The number of esters is 1. The highest BCUT2D eigenvalue weighted by molar-refractivity contribution is 5.89. The second-order valence-electron chi connectivity index (χ2n) is 5.65. The average molecular weight is 343 g/mol. The molecule has 0 fully saturated rings. The van der Waals surface area contributed by atoms with Crippen LogP contribution in [0.15, 0.2) is 42.6 Å². The number of nitrogens with zero attached hydrogens (tertiary/aromatic N) is 2. The van der Waals surface area contributed by atoms with Crippen molar-refractivity contribution in [1.82, 2.24) is 4.98 Å². The molecule has 0 atom stereocenters. The Morgan fingerprint density at radius 1 is 1.24 bits per heavy atom. The molecule has 0 radical (unpaired) electrons. The van der Waals surface area contributed by atoms with Crippen molar-refractivity contribution in [2.45, 2.75) is 26.2 Å². The first-order valence-electron chi connectivity index (χ1n) is 8.14. The van der Waals surface area contributed by atoms with Crippen LogP contribution in [0.2, 0.25) is 0 Å². The number of nitrogens with one attached hydrogen (secondary N) is 1. The first-order valence-corrected chi connectivity index (χ1v) is 8.14. The third-order valence-corrected chi connectivity index (χ3v) is 3.57. The summed E-state index contributed by atoms with van der Waals surface area (Å²) in [5.74, 6) is 0.313. The number of anilines is 1. The van der Waals surface area contributed by atoms with Gasteiger partial charge in [0.25, 0.3) is 5.69 Å². The Morgan fingerprint density at radius 3 is 2.76 bits per heavy atom. The maximum absolute atomic E-state index is 11.9. The fraction of sp³-hybridized carbons (Fsp3) is 0.333. The minimum Gasteiger partial charge on any atom is -0.462 e. The number of benzene rings is 1. The monoisotopic (exact) mass is 343 g/mol. The van der Waals surface area contributed by atoms with E-state index in [0.717, 1.165) is 24.8 Å². The molecule has 1 aromatic carbocycles. The summed E-state index contributed by atoms with van der Waals surface area (Å²) in [6, 6.07) is 10.3. The van der Waals surface area contributed by atoms with E-state index in [9.17, 15) is 14.9 Å². The maximum atomic E-state index is 11.9. The van der Waals surface area contributed by atoms with Crippen molar-refractivity contribution in [2.75, 3.05) is 18.5 Å². The lowest BCUT2D eigenvalue weighted by Gasteiger charge is -2.07. The zero-order valence-corrected chi connectivity index (χ0v) is 14.1. The first-order chi connectivity index (χ1) is 12.1. The fourth-order valence-electron chi connectivity index (χ4n) is 2.24. The minimum atomic E-state index is -0.477. The van der Waals surface area contributed by atoms with Crippen molar-refractivity contribution < 1.29 is 14.5 Å². The van der Waals surface area contributed by atoms with Gasteiger partial charge < -0.3 is 10.1 Å². The van der Waals surface area contributed by atoms with Gasteiger partial charge >= 0.3 is 5.97 Å². The van der Waals surface area contributed by atoms with Crippen LogP contribution in [0.1, 0.15) is 35.2 Å². The predicted molar refractivity (Wildman–Crippen MR) is 94.7 cm³/mol. The van der Waals surface area contributed by atoms with Crippen LogP contribution in [0.3, 0.4) is 0 Å². The smallest absolute Gasteiger partial charge is 0.338 e. The van der Waals surface area contributed by atoms with E-state index in [0.29, 0.717) is 24.5 Å². The molecule has 0 saturated carbocycles. The average Bonchev–Trinajstić information content (AvgIpc) is 2.61. The molecule has 1 aromatic heterocycles. The molecule has 0 aliphatic carbocycles. The highest BCUT2D eigenvalue weighted by Crippen LogP contribution is 2.12. The highest BCUT2D eigenvalue weighted by atomic mass is 16.6. The van der Waals surface area contributed by atoms with Crippen molar-refractivity contribution >= 4 is 17.5 Å². The summed E-state index contributed by atoms with van der Waals surface area (Å²) in [6.07, 6.45) is 3.81. The van der Waals surface area contributed by atoms with Crippen LogP contribution in [-0.4, -0.2) is 29.0 Å². The second kappa shape index (κ2) is 9.36. The number of unbranched alkanes of at least 4 members (excludes halogenated alkanes) is 2. The topological polar surface area (TPSA) is 94.4 Å². The fourth-order valence-corrected chi connectivity index (χ4v) is 2.24. The quantitative estimate of drug-likeness (QED) is 0.323. The van der Waals surface area contributed by atoms with Gasteiger partial charge in [-0.1, -0.05) is 17.7 Å². The number of nitro groups is 1. The maximum Gasteiger partial charge on any atom is 0.338 e. The second-order valence-corrected chi connectivity index (χ2v) is 5.65. The number of hydrogen-bond donors (Lipinski definition) is 1. The molecule has 0 bridgehead atoms. The molecule has 2 aromatic rings. The van der Waals surface area contributed by atoms with Crippen LogP contribution in [0, 0.1) is 17.0 Å². The molecule has 0 aliphatic rings. The summed E-state index contributed by atoms with van der Waals surface area (Å²) in [5.41, 5.74) is 1.58. The summed E-state index contributed by atoms with van der Waals surface area (Å²) in [6.45, 7) is 3.03. The molecule has 1 heterocycles. The molecule has 25 heavy (non-hydrogen) atoms. The lowest BCUT2D eigenvalue weighted by atomic mass is 10.1. The van der Waals surface area contributed by atoms with Crippen LogP contribution in [0.5, 0.6) is 0 Å². The standard InChI is InChI=1S/C18H21N3O4/c1-14-6-5-7-15(12-14)18(22)25-11-4-2-3-10-19-17-9-8-16(13-20-17)21(23)24/h5-9,12-13H,2-4,10-11H2,1H3,(H,19,20). The molecular weight excluding hydrogens is 322 g/mol. The molecule has 0 unspecified atom stereocenters. The molecule has 7 heteroatoms. The molecule has 1 N–H and O–H groups in total. The van der Waals surface area contributed by atoms with Gasteiger partial charge in [-0.2, -0.15) is 0 Å². The molecule has 0 amide bonds. The number of carbonyl (C=O) groups is 1. The van der Waals surface area contributed by atoms with Crippen molar-refractivity contribution in [2.24, 2.45) is 0 Å². The zero-order chi connectivity index (χ0) is 18.1. The van der Waals surface area contributed by atoms with E-state index >= 15 is 0 Å². The Balaban J connectivity index is 1.57. The summed E-state index contributed by atoms with van der Waals surface area (Å²) >= 11 is 0. The van der Waals surface area contributed by atoms with E-state index in [1.165, 1.54) is 12.3 Å². The molecule has 132 valence electrons. The van der Waals surface area contributed by atoms with Gasteiger partial charge in [-0.15, -0.1) is 0 Å². The van der Waals surface area contributed by atoms with Gasteiger partial charge in [-0.05, 0) is 44.4 Å². The lowest BCUT2D eigenvalue weighted by molar-refractivity contribution is -0.385. The van der Waals surface area contributed by atoms with Crippen molar-refractivity contribution in [3.63, 3.8) is 0 Å². The summed E-state index contributed by atoms with van der Waals surface area (Å²) < 4.78 is 5.25. The number of ether oxygens (including phenoxy) is 1. The van der Waals surface area contributed by atoms with Crippen LogP contribution in [0.4, 0.5) is 11.5 Å². The summed E-state index contributed by atoms with van der Waals surface area (Å²) in [7, 11) is 0. The first kappa shape index (κ1) is 18.4. The molecule has 0 spiro atoms. The van der Waals surface area contributed by atoms with E-state index < -0.39 is 4.92 Å². The van der Waals surface area contributed by atoms with Gasteiger partial charge in [0, 0.05) is 12.6 Å². The van der Waals surface area contributed by atoms with Crippen LogP contribution in [-0.2, 0) is 4.74 Å². The predicted octanol–water partition coefficient (Wildman–Crippen LogP) is 3.74. The van der Waals surface area contributed by atoms with Crippen LogP contribution in [0.25, 0.3) is 0 Å². The lowest BCUT2D eigenvalue weighted by Crippen LogP contribution is -2.07. The van der Waals surface area contributed by atoms with E-state index in [1.54, 1.807) is 12.1 Å². The highest BCUT2D eigenvalue weighted by Gasteiger charge is 2.07. The molecule has 0 saturated heterocycles.